The first kappa shape index (κ1) is 19.0. The van der Waals surface area contributed by atoms with Crippen LogP contribution in [-0.2, 0) is 0 Å². The Labute approximate surface area is 147 Å². The number of guanidine groups is 2. The molecule has 2 fully saturated rings. The molecule has 6 nitrogen and oxygen atoms in total. The van der Waals surface area contributed by atoms with Gasteiger partial charge in [0.1, 0.15) is 0 Å². The Hall–Kier alpha value is -1.30. The molecule has 2 aliphatic rings. The van der Waals surface area contributed by atoms with Crippen molar-refractivity contribution in [3.63, 3.8) is 0 Å². The van der Waals surface area contributed by atoms with Gasteiger partial charge in [-0.25, -0.2) is 10.8 Å². The third kappa shape index (κ3) is 5.36. The second-order valence-corrected chi connectivity index (χ2v) is 7.62. The highest BCUT2D eigenvalue weighted by Crippen LogP contribution is 2.24. The van der Waals surface area contributed by atoms with Gasteiger partial charge in [-0.3, -0.25) is 5.01 Å². The van der Waals surface area contributed by atoms with Crippen molar-refractivity contribution in [2.24, 2.45) is 15.8 Å². The second-order valence-electron chi connectivity index (χ2n) is 7.62. The lowest BCUT2D eigenvalue weighted by Gasteiger charge is -2.33. The number of aliphatic imine (C=N–C) groups is 2. The molecule has 2 N–H and O–H groups in total. The van der Waals surface area contributed by atoms with Gasteiger partial charge >= 0.3 is 0 Å². The van der Waals surface area contributed by atoms with E-state index < -0.39 is 0 Å². The van der Waals surface area contributed by atoms with Gasteiger partial charge in [0, 0.05) is 34.2 Å². The second kappa shape index (κ2) is 9.25. The van der Waals surface area contributed by atoms with Crippen LogP contribution in [0.25, 0.3) is 0 Å². The number of nitrogens with two attached hydrogens (primary N) is 1. The topological polar surface area (TPSA) is 60.5 Å². The van der Waals surface area contributed by atoms with Gasteiger partial charge in [-0.15, -0.1) is 0 Å². The number of nitrogens with zero attached hydrogens (tertiary/aromatic N) is 5. The molecule has 0 aromatic rings. The number of rotatable bonds is 2. The zero-order valence-electron chi connectivity index (χ0n) is 16.0. The summed E-state index contributed by atoms with van der Waals surface area (Å²) in [6.07, 6.45) is 12.3. The molecule has 0 atom stereocenters. The monoisotopic (exact) mass is 336 g/mol. The lowest BCUT2D eigenvalue weighted by atomic mass is 9.95. The molecular weight excluding hydrogens is 300 g/mol. The van der Waals surface area contributed by atoms with Crippen molar-refractivity contribution < 1.29 is 0 Å². The summed E-state index contributed by atoms with van der Waals surface area (Å²) < 4.78 is 0. The summed E-state index contributed by atoms with van der Waals surface area (Å²) in [6, 6.07) is 0.744. The van der Waals surface area contributed by atoms with Crippen LogP contribution < -0.4 is 5.84 Å². The molecule has 138 valence electrons. The van der Waals surface area contributed by atoms with Crippen molar-refractivity contribution in [2.45, 2.75) is 76.3 Å². The fraction of sp³-hybridized carbons (Fsp3) is 0.889. The van der Waals surface area contributed by atoms with E-state index in [1.165, 1.54) is 38.5 Å². The Morgan fingerprint density at radius 1 is 0.792 bits per heavy atom. The maximum atomic E-state index is 6.52. The summed E-state index contributed by atoms with van der Waals surface area (Å²) in [5, 5.41) is 1.86. The molecule has 0 spiro atoms. The summed E-state index contributed by atoms with van der Waals surface area (Å²) in [7, 11) is 8.05. The van der Waals surface area contributed by atoms with Gasteiger partial charge < -0.3 is 9.80 Å². The number of hydrogen-bond donors (Lipinski definition) is 1. The summed E-state index contributed by atoms with van der Waals surface area (Å²) in [5.74, 6) is 8.12. The molecule has 2 saturated carbocycles. The Morgan fingerprint density at radius 3 is 1.79 bits per heavy atom. The van der Waals surface area contributed by atoms with Gasteiger partial charge in [-0.2, -0.15) is 4.99 Å². The van der Waals surface area contributed by atoms with Crippen molar-refractivity contribution in [2.75, 3.05) is 28.2 Å². The molecule has 0 unspecified atom stereocenters. The fourth-order valence-electron chi connectivity index (χ4n) is 3.74. The molecule has 0 aromatic heterocycles. The molecule has 0 aromatic carbocycles. The number of hydrazine groups is 1. The van der Waals surface area contributed by atoms with Crippen LogP contribution in [0.3, 0.4) is 0 Å². The summed E-state index contributed by atoms with van der Waals surface area (Å²) in [5.41, 5.74) is 0. The predicted molar refractivity (Wildman–Crippen MR) is 102 cm³/mol. The van der Waals surface area contributed by atoms with Crippen LogP contribution >= 0.6 is 0 Å². The maximum Gasteiger partial charge on any atom is 0.238 e. The first-order chi connectivity index (χ1) is 11.5. The van der Waals surface area contributed by atoms with E-state index in [4.69, 9.17) is 15.8 Å². The van der Waals surface area contributed by atoms with Crippen molar-refractivity contribution in [1.82, 2.24) is 14.8 Å². The normalized spacial score (nSPS) is 20.6. The highest BCUT2D eigenvalue weighted by atomic mass is 15.5. The minimum absolute atomic E-state index is 0.371. The highest BCUT2D eigenvalue weighted by molar-refractivity contribution is 5.94. The molecule has 6 heteroatoms. The molecular formula is C18H36N6. The quantitative estimate of drug-likeness (QED) is 0.364. The van der Waals surface area contributed by atoms with E-state index in [0.717, 1.165) is 31.6 Å². The minimum Gasteiger partial charge on any atom is -0.349 e. The molecule has 0 radical (unpaired) electrons. The Kier molecular flexibility index (Phi) is 7.34. The molecule has 0 bridgehead atoms. The summed E-state index contributed by atoms with van der Waals surface area (Å²) in [4.78, 5) is 13.9. The van der Waals surface area contributed by atoms with Gasteiger partial charge in [0.25, 0.3) is 0 Å². The van der Waals surface area contributed by atoms with Crippen molar-refractivity contribution >= 4 is 11.9 Å². The van der Waals surface area contributed by atoms with Gasteiger partial charge in [0.15, 0.2) is 0 Å². The molecule has 2 aliphatic carbocycles. The first-order valence-electron chi connectivity index (χ1n) is 9.54. The lowest BCUT2D eigenvalue weighted by molar-refractivity contribution is 0.243. The van der Waals surface area contributed by atoms with Crippen molar-refractivity contribution in [1.29, 1.82) is 0 Å². The third-order valence-electron chi connectivity index (χ3n) is 5.07. The molecule has 0 saturated heterocycles. The Bertz CT molecular complexity index is 421. The van der Waals surface area contributed by atoms with Gasteiger partial charge in [0.2, 0.25) is 11.9 Å². The largest absolute Gasteiger partial charge is 0.349 e. The SMILES string of the molecule is CN(C)C(=NC(=NC1CCCCC1)N(N)C1CCCCC1)N(C)C. The van der Waals surface area contributed by atoms with E-state index in [0.29, 0.717) is 18.0 Å². The molecule has 2 rings (SSSR count). The standard InChI is InChI=1S/C18H36N6/c1-22(2)18(23(3)4)21-17(20-15-11-7-5-8-12-15)24(19)16-13-9-6-10-14-16/h15-16H,5-14,19H2,1-4H3. The average molecular weight is 337 g/mol. The van der Waals surface area contributed by atoms with Crippen LogP contribution in [-0.4, -0.2) is 67.0 Å². The van der Waals surface area contributed by atoms with E-state index in [9.17, 15) is 0 Å². The van der Waals surface area contributed by atoms with Crippen LogP contribution in [0.4, 0.5) is 0 Å². The highest BCUT2D eigenvalue weighted by Gasteiger charge is 2.24. The van der Waals surface area contributed by atoms with Crippen LogP contribution in [0.2, 0.25) is 0 Å². The van der Waals surface area contributed by atoms with Crippen LogP contribution in [0.1, 0.15) is 64.2 Å². The van der Waals surface area contributed by atoms with Crippen molar-refractivity contribution in [3.05, 3.63) is 0 Å². The predicted octanol–water partition coefficient (Wildman–Crippen LogP) is 2.66. The Balaban J connectivity index is 2.25. The molecule has 0 aliphatic heterocycles. The smallest absolute Gasteiger partial charge is 0.238 e. The van der Waals surface area contributed by atoms with E-state index >= 15 is 0 Å². The first-order valence-corrected chi connectivity index (χ1v) is 9.54. The van der Waals surface area contributed by atoms with E-state index in [-0.39, 0.29) is 0 Å². The number of hydrogen-bond acceptors (Lipinski definition) is 2. The zero-order valence-corrected chi connectivity index (χ0v) is 16.0. The third-order valence-corrected chi connectivity index (χ3v) is 5.07. The van der Waals surface area contributed by atoms with Crippen molar-refractivity contribution in [3.8, 4) is 0 Å². The molecule has 24 heavy (non-hydrogen) atoms. The zero-order chi connectivity index (χ0) is 17.5. The average Bonchev–Trinajstić information content (AvgIpc) is 2.59. The van der Waals surface area contributed by atoms with E-state index in [2.05, 4.69) is 0 Å². The molecule has 0 heterocycles. The van der Waals surface area contributed by atoms with Gasteiger partial charge in [-0.1, -0.05) is 38.5 Å². The molecule has 0 amide bonds. The van der Waals surface area contributed by atoms with Crippen LogP contribution in [0.5, 0.6) is 0 Å². The minimum atomic E-state index is 0.371. The summed E-state index contributed by atoms with van der Waals surface area (Å²) >= 11 is 0. The van der Waals surface area contributed by atoms with Crippen LogP contribution in [0.15, 0.2) is 9.98 Å². The van der Waals surface area contributed by atoms with Gasteiger partial charge in [0.05, 0.1) is 6.04 Å². The van der Waals surface area contributed by atoms with E-state index in [1.54, 1.807) is 0 Å². The van der Waals surface area contributed by atoms with Crippen LogP contribution in [0, 0.1) is 0 Å². The fourth-order valence-corrected chi connectivity index (χ4v) is 3.74. The van der Waals surface area contributed by atoms with E-state index in [1.807, 2.05) is 43.0 Å². The maximum absolute atomic E-state index is 6.52. The Morgan fingerprint density at radius 2 is 1.29 bits per heavy atom. The van der Waals surface area contributed by atoms with Gasteiger partial charge in [-0.05, 0) is 25.7 Å². The summed E-state index contributed by atoms with van der Waals surface area (Å²) in [6.45, 7) is 0. The lowest BCUT2D eigenvalue weighted by Crippen LogP contribution is -2.48.